The quantitative estimate of drug-likeness (QED) is 0.820. The van der Waals surface area contributed by atoms with Crippen LogP contribution >= 0.6 is 15.9 Å². The normalized spacial score (nSPS) is 17.5. The summed E-state index contributed by atoms with van der Waals surface area (Å²) in [6.45, 7) is 11.7. The Labute approximate surface area is 142 Å². The van der Waals surface area contributed by atoms with Crippen LogP contribution in [0.15, 0.2) is 22.7 Å². The second-order valence-electron chi connectivity index (χ2n) is 6.52. The third kappa shape index (κ3) is 3.24. The van der Waals surface area contributed by atoms with Crippen LogP contribution in [-0.2, 0) is 6.54 Å². The lowest BCUT2D eigenvalue weighted by Gasteiger charge is -2.32. The van der Waals surface area contributed by atoms with Crippen molar-refractivity contribution in [3.05, 3.63) is 33.9 Å². The van der Waals surface area contributed by atoms with Crippen molar-refractivity contribution in [1.29, 1.82) is 0 Å². The number of benzene rings is 1. The summed E-state index contributed by atoms with van der Waals surface area (Å²) in [5.41, 5.74) is 4.19. The van der Waals surface area contributed by atoms with Gasteiger partial charge in [-0.3, -0.25) is 0 Å². The highest BCUT2D eigenvalue weighted by atomic mass is 79.9. The lowest BCUT2D eigenvalue weighted by molar-refractivity contribution is 0.151. The second-order valence-corrected chi connectivity index (χ2v) is 7.44. The van der Waals surface area contributed by atoms with Gasteiger partial charge in [0.25, 0.3) is 0 Å². The van der Waals surface area contributed by atoms with Gasteiger partial charge in [0, 0.05) is 53.8 Å². The van der Waals surface area contributed by atoms with Gasteiger partial charge in [0.2, 0.25) is 0 Å². The molecule has 0 aliphatic carbocycles. The van der Waals surface area contributed by atoms with Crippen LogP contribution < -0.4 is 0 Å². The first-order valence-corrected chi connectivity index (χ1v) is 9.01. The van der Waals surface area contributed by atoms with Gasteiger partial charge in [0.15, 0.2) is 0 Å². The van der Waals surface area contributed by atoms with Crippen molar-refractivity contribution in [3.8, 4) is 0 Å². The maximum atomic E-state index is 3.59. The molecular weight excluding hydrogens is 338 g/mol. The molecule has 0 atom stereocenters. The Balaban J connectivity index is 1.68. The number of hydrogen-bond acceptors (Lipinski definition) is 2. The van der Waals surface area contributed by atoms with Crippen LogP contribution in [0.1, 0.15) is 17.7 Å². The van der Waals surface area contributed by atoms with E-state index in [-0.39, 0.29) is 0 Å². The van der Waals surface area contributed by atoms with Gasteiger partial charge >= 0.3 is 0 Å². The SMILES string of the molecule is Cc1c(C)n(CCCN2CCN(C)CC2)c2ccc(Br)cc12. The van der Waals surface area contributed by atoms with Crippen LogP contribution in [0.3, 0.4) is 0 Å². The molecule has 0 unspecified atom stereocenters. The Bertz CT molecular complexity index is 654. The molecule has 0 radical (unpaired) electrons. The summed E-state index contributed by atoms with van der Waals surface area (Å²) in [7, 11) is 2.22. The average molecular weight is 364 g/mol. The summed E-state index contributed by atoms with van der Waals surface area (Å²) in [5, 5.41) is 1.38. The van der Waals surface area contributed by atoms with Crippen molar-refractivity contribution in [2.24, 2.45) is 0 Å². The number of aryl methyl sites for hydroxylation is 2. The van der Waals surface area contributed by atoms with Crippen molar-refractivity contribution in [2.75, 3.05) is 39.8 Å². The topological polar surface area (TPSA) is 11.4 Å². The van der Waals surface area contributed by atoms with E-state index in [0.29, 0.717) is 0 Å². The van der Waals surface area contributed by atoms with Crippen LogP contribution in [0, 0.1) is 13.8 Å². The predicted octanol–water partition coefficient (Wildman–Crippen LogP) is 3.66. The van der Waals surface area contributed by atoms with Crippen LogP contribution in [0.4, 0.5) is 0 Å². The minimum absolute atomic E-state index is 1.12. The standard InChI is InChI=1S/C18H26BrN3/c1-14-15(2)22(18-6-5-16(19)13-17(14)18)8-4-7-21-11-9-20(3)10-12-21/h5-6,13H,4,7-12H2,1-3H3. The fourth-order valence-corrected chi connectivity index (χ4v) is 3.80. The van der Waals surface area contributed by atoms with E-state index in [2.05, 4.69) is 69.4 Å². The highest BCUT2D eigenvalue weighted by Gasteiger charge is 2.14. The van der Waals surface area contributed by atoms with Gasteiger partial charge in [0.1, 0.15) is 0 Å². The van der Waals surface area contributed by atoms with Crippen molar-refractivity contribution in [3.63, 3.8) is 0 Å². The van der Waals surface area contributed by atoms with Gasteiger partial charge in [-0.2, -0.15) is 0 Å². The molecule has 120 valence electrons. The molecule has 1 fully saturated rings. The van der Waals surface area contributed by atoms with Crippen LogP contribution in [0.2, 0.25) is 0 Å². The van der Waals surface area contributed by atoms with E-state index in [9.17, 15) is 0 Å². The number of hydrogen-bond donors (Lipinski definition) is 0. The van der Waals surface area contributed by atoms with E-state index in [4.69, 9.17) is 0 Å². The fraction of sp³-hybridized carbons (Fsp3) is 0.556. The Morgan fingerprint density at radius 1 is 1.05 bits per heavy atom. The molecule has 4 heteroatoms. The molecule has 2 aromatic rings. The zero-order valence-corrected chi connectivity index (χ0v) is 15.5. The smallest absolute Gasteiger partial charge is 0.0485 e. The van der Waals surface area contributed by atoms with Gasteiger partial charge in [-0.1, -0.05) is 15.9 Å². The summed E-state index contributed by atoms with van der Waals surface area (Å²) in [6.07, 6.45) is 1.23. The summed E-state index contributed by atoms with van der Waals surface area (Å²) < 4.78 is 3.66. The Kier molecular flexibility index (Phi) is 4.91. The molecule has 3 nitrogen and oxygen atoms in total. The molecule has 1 aliphatic rings. The largest absolute Gasteiger partial charge is 0.345 e. The lowest BCUT2D eigenvalue weighted by atomic mass is 10.2. The molecule has 1 aromatic carbocycles. The number of rotatable bonds is 4. The second kappa shape index (κ2) is 6.73. The summed E-state index contributed by atoms with van der Waals surface area (Å²) in [6, 6.07) is 6.64. The Morgan fingerprint density at radius 3 is 2.50 bits per heavy atom. The third-order valence-electron chi connectivity index (χ3n) is 5.05. The first-order chi connectivity index (χ1) is 10.6. The summed E-state index contributed by atoms with van der Waals surface area (Å²) in [4.78, 5) is 5.02. The molecular formula is C18H26BrN3. The van der Waals surface area contributed by atoms with Gasteiger partial charge in [-0.05, 0) is 57.6 Å². The number of piperazine rings is 1. The number of fused-ring (bicyclic) bond motifs is 1. The van der Waals surface area contributed by atoms with Gasteiger partial charge in [-0.15, -0.1) is 0 Å². The van der Waals surface area contributed by atoms with E-state index >= 15 is 0 Å². The highest BCUT2D eigenvalue weighted by molar-refractivity contribution is 9.10. The van der Waals surface area contributed by atoms with Crippen LogP contribution in [0.25, 0.3) is 10.9 Å². The van der Waals surface area contributed by atoms with E-state index in [0.717, 1.165) is 11.0 Å². The molecule has 0 saturated carbocycles. The van der Waals surface area contributed by atoms with Crippen molar-refractivity contribution < 1.29 is 0 Å². The fourth-order valence-electron chi connectivity index (χ4n) is 3.43. The van der Waals surface area contributed by atoms with E-state index < -0.39 is 0 Å². The van der Waals surface area contributed by atoms with Crippen molar-refractivity contribution in [1.82, 2.24) is 14.4 Å². The van der Waals surface area contributed by atoms with E-state index in [1.807, 2.05) is 0 Å². The predicted molar refractivity (Wildman–Crippen MR) is 97.7 cm³/mol. The lowest BCUT2D eigenvalue weighted by Crippen LogP contribution is -2.44. The summed E-state index contributed by atoms with van der Waals surface area (Å²) >= 11 is 3.59. The number of likely N-dealkylation sites (N-methyl/N-ethyl adjacent to an activating group) is 1. The zero-order valence-electron chi connectivity index (χ0n) is 13.9. The molecule has 1 aromatic heterocycles. The van der Waals surface area contributed by atoms with Crippen molar-refractivity contribution >= 4 is 26.8 Å². The van der Waals surface area contributed by atoms with Gasteiger partial charge in [-0.25, -0.2) is 0 Å². The van der Waals surface area contributed by atoms with Crippen LogP contribution in [-0.4, -0.2) is 54.1 Å². The first kappa shape index (κ1) is 16.0. The monoisotopic (exact) mass is 363 g/mol. The van der Waals surface area contributed by atoms with E-state index in [1.165, 1.54) is 61.3 Å². The molecule has 0 amide bonds. The molecule has 1 saturated heterocycles. The summed E-state index contributed by atoms with van der Waals surface area (Å²) in [5.74, 6) is 0. The first-order valence-electron chi connectivity index (χ1n) is 8.22. The third-order valence-corrected chi connectivity index (χ3v) is 5.55. The Morgan fingerprint density at radius 2 is 1.77 bits per heavy atom. The Hall–Kier alpha value is -0.840. The minimum atomic E-state index is 1.12. The molecule has 0 bridgehead atoms. The maximum Gasteiger partial charge on any atom is 0.0485 e. The molecule has 0 N–H and O–H groups in total. The number of halogens is 1. The molecule has 22 heavy (non-hydrogen) atoms. The minimum Gasteiger partial charge on any atom is -0.345 e. The zero-order chi connectivity index (χ0) is 15.7. The number of aromatic nitrogens is 1. The molecule has 0 spiro atoms. The van der Waals surface area contributed by atoms with Crippen molar-refractivity contribution in [2.45, 2.75) is 26.8 Å². The van der Waals surface area contributed by atoms with Gasteiger partial charge < -0.3 is 14.4 Å². The molecule has 2 heterocycles. The molecule has 1 aliphatic heterocycles. The maximum absolute atomic E-state index is 3.59. The van der Waals surface area contributed by atoms with Gasteiger partial charge in [0.05, 0.1) is 0 Å². The average Bonchev–Trinajstić information content (AvgIpc) is 2.74. The highest BCUT2D eigenvalue weighted by Crippen LogP contribution is 2.28. The van der Waals surface area contributed by atoms with E-state index in [1.54, 1.807) is 0 Å². The number of nitrogens with zero attached hydrogens (tertiary/aromatic N) is 3. The molecule has 3 rings (SSSR count). The van der Waals surface area contributed by atoms with Crippen LogP contribution in [0.5, 0.6) is 0 Å².